The number of aliphatic hydroxyl groups is 2. The van der Waals surface area contributed by atoms with Gasteiger partial charge in [-0.2, -0.15) is 5.10 Å². The first-order valence-corrected chi connectivity index (χ1v) is 9.44. The minimum Gasteiger partial charge on any atom is -0.394 e. The van der Waals surface area contributed by atoms with Gasteiger partial charge in [-0.25, -0.2) is 4.98 Å². The van der Waals surface area contributed by atoms with E-state index in [0.29, 0.717) is 11.4 Å². The van der Waals surface area contributed by atoms with Crippen molar-refractivity contribution in [2.75, 3.05) is 25.1 Å². The Balaban J connectivity index is 1.63. The summed E-state index contributed by atoms with van der Waals surface area (Å²) in [6, 6.07) is 5.09. The van der Waals surface area contributed by atoms with Crippen LogP contribution < -0.4 is 5.32 Å². The molecule has 0 spiro atoms. The van der Waals surface area contributed by atoms with Gasteiger partial charge in [0.15, 0.2) is 0 Å². The fourth-order valence-electron chi connectivity index (χ4n) is 3.41. The van der Waals surface area contributed by atoms with E-state index in [1.807, 2.05) is 21.8 Å². The monoisotopic (exact) mass is 373 g/mol. The number of piperidine rings is 1. The van der Waals surface area contributed by atoms with Crippen molar-refractivity contribution in [1.29, 1.82) is 0 Å². The molecule has 0 bridgehead atoms. The van der Waals surface area contributed by atoms with Gasteiger partial charge in [0.25, 0.3) is 5.91 Å². The minimum atomic E-state index is -0.465. The summed E-state index contributed by atoms with van der Waals surface area (Å²) in [5, 5.41) is 25.4. The number of rotatable bonds is 8. The zero-order chi connectivity index (χ0) is 19.1. The lowest BCUT2D eigenvalue weighted by Gasteiger charge is -2.36. The number of pyridine rings is 1. The second-order valence-electron chi connectivity index (χ2n) is 6.84. The largest absolute Gasteiger partial charge is 0.394 e. The van der Waals surface area contributed by atoms with Crippen molar-refractivity contribution in [3.8, 4) is 0 Å². The van der Waals surface area contributed by atoms with Crippen LogP contribution in [0.3, 0.4) is 0 Å². The summed E-state index contributed by atoms with van der Waals surface area (Å²) in [7, 11) is 0. The number of nitrogens with zero attached hydrogens (tertiary/aromatic N) is 4. The standard InChI is InChI=1S/C19H27N5O3/c25-13-16(14-26)22-18-6-5-15(12-20-18)19(27)24-10-2-1-4-17(24)7-11-23-9-3-8-21-23/h3,5-6,8-9,12,16-17,25-26H,1-2,4,7,10-11,13-14H2,(H,20,22)/t17-/m0/s1. The highest BCUT2D eigenvalue weighted by Crippen LogP contribution is 2.22. The molecule has 2 aromatic rings. The number of likely N-dealkylation sites (tertiary alicyclic amines) is 1. The van der Waals surface area contributed by atoms with Crippen LogP contribution in [-0.4, -0.2) is 67.6 Å². The van der Waals surface area contributed by atoms with E-state index in [1.165, 1.54) is 0 Å². The fraction of sp³-hybridized carbons (Fsp3) is 0.526. The van der Waals surface area contributed by atoms with Crippen molar-refractivity contribution in [2.24, 2.45) is 0 Å². The first-order valence-electron chi connectivity index (χ1n) is 9.44. The lowest BCUT2D eigenvalue weighted by molar-refractivity contribution is 0.0593. The van der Waals surface area contributed by atoms with E-state index < -0.39 is 6.04 Å². The summed E-state index contributed by atoms with van der Waals surface area (Å²) in [5.74, 6) is 0.522. The first kappa shape index (κ1) is 19.3. The molecular weight excluding hydrogens is 346 g/mol. The van der Waals surface area contributed by atoms with E-state index in [-0.39, 0.29) is 25.2 Å². The molecule has 3 N–H and O–H groups in total. The Morgan fingerprint density at radius 3 is 2.81 bits per heavy atom. The van der Waals surface area contributed by atoms with Crippen LogP contribution in [0.2, 0.25) is 0 Å². The van der Waals surface area contributed by atoms with Crippen molar-refractivity contribution >= 4 is 11.7 Å². The summed E-state index contributed by atoms with van der Waals surface area (Å²) >= 11 is 0. The van der Waals surface area contributed by atoms with Crippen molar-refractivity contribution in [3.63, 3.8) is 0 Å². The number of aromatic nitrogens is 3. The van der Waals surface area contributed by atoms with Crippen LogP contribution in [-0.2, 0) is 6.54 Å². The molecule has 0 saturated carbocycles. The Morgan fingerprint density at radius 2 is 2.15 bits per heavy atom. The Morgan fingerprint density at radius 1 is 1.30 bits per heavy atom. The van der Waals surface area contributed by atoms with Crippen LogP contribution in [0.4, 0.5) is 5.82 Å². The van der Waals surface area contributed by atoms with Gasteiger partial charge in [0.2, 0.25) is 0 Å². The third kappa shape index (κ3) is 5.05. The normalized spacial score (nSPS) is 17.3. The molecule has 0 unspecified atom stereocenters. The number of hydrogen-bond donors (Lipinski definition) is 3. The molecule has 27 heavy (non-hydrogen) atoms. The van der Waals surface area contributed by atoms with Gasteiger partial charge >= 0.3 is 0 Å². The molecule has 1 fully saturated rings. The molecule has 3 rings (SSSR count). The van der Waals surface area contributed by atoms with Gasteiger partial charge in [-0.1, -0.05) is 0 Å². The molecule has 146 valence electrons. The van der Waals surface area contributed by atoms with E-state index >= 15 is 0 Å². The number of carbonyl (C=O) groups excluding carboxylic acids is 1. The molecule has 0 aliphatic carbocycles. The van der Waals surface area contributed by atoms with E-state index in [0.717, 1.165) is 38.8 Å². The fourth-order valence-corrected chi connectivity index (χ4v) is 3.41. The van der Waals surface area contributed by atoms with E-state index in [1.54, 1.807) is 24.5 Å². The lowest BCUT2D eigenvalue weighted by atomic mass is 9.98. The topological polar surface area (TPSA) is 104 Å². The second kappa shape index (κ2) is 9.48. The highest BCUT2D eigenvalue weighted by atomic mass is 16.3. The summed E-state index contributed by atoms with van der Waals surface area (Å²) in [6.07, 6.45) is 9.31. The SMILES string of the molecule is O=C(c1ccc(NC(CO)CO)nc1)N1CCCC[C@H]1CCn1cccn1. The number of aliphatic hydroxyl groups excluding tert-OH is 2. The number of carbonyl (C=O) groups is 1. The van der Waals surface area contributed by atoms with Gasteiger partial charge in [0.1, 0.15) is 5.82 Å². The van der Waals surface area contributed by atoms with Crippen molar-refractivity contribution in [3.05, 3.63) is 42.4 Å². The molecule has 2 aromatic heterocycles. The average Bonchev–Trinajstić information content (AvgIpc) is 3.24. The van der Waals surface area contributed by atoms with Crippen LogP contribution in [0.25, 0.3) is 0 Å². The number of hydrogen-bond acceptors (Lipinski definition) is 6. The van der Waals surface area contributed by atoms with Crippen molar-refractivity contribution in [1.82, 2.24) is 19.7 Å². The smallest absolute Gasteiger partial charge is 0.255 e. The Hall–Kier alpha value is -2.45. The van der Waals surface area contributed by atoms with Gasteiger partial charge in [0.05, 0.1) is 24.8 Å². The second-order valence-corrected chi connectivity index (χ2v) is 6.84. The van der Waals surface area contributed by atoms with Crippen LogP contribution in [0.5, 0.6) is 0 Å². The number of anilines is 1. The first-order chi connectivity index (χ1) is 13.2. The molecule has 0 aromatic carbocycles. The number of nitrogens with one attached hydrogen (secondary N) is 1. The van der Waals surface area contributed by atoms with E-state index in [4.69, 9.17) is 10.2 Å². The van der Waals surface area contributed by atoms with Crippen LogP contribution in [0, 0.1) is 0 Å². The van der Waals surface area contributed by atoms with Gasteiger partial charge in [-0.3, -0.25) is 9.48 Å². The Labute approximate surface area is 158 Å². The Kier molecular flexibility index (Phi) is 6.78. The van der Waals surface area contributed by atoms with Crippen LogP contribution in [0.15, 0.2) is 36.8 Å². The third-order valence-electron chi connectivity index (χ3n) is 4.94. The molecular formula is C19H27N5O3. The summed E-state index contributed by atoms with van der Waals surface area (Å²) in [4.78, 5) is 19.2. The summed E-state index contributed by atoms with van der Waals surface area (Å²) in [6.45, 7) is 1.18. The van der Waals surface area contributed by atoms with Crippen LogP contribution in [0.1, 0.15) is 36.0 Å². The van der Waals surface area contributed by atoms with Crippen molar-refractivity contribution < 1.29 is 15.0 Å². The third-order valence-corrected chi connectivity index (χ3v) is 4.94. The molecule has 8 nitrogen and oxygen atoms in total. The van der Waals surface area contributed by atoms with Gasteiger partial charge in [-0.15, -0.1) is 0 Å². The zero-order valence-electron chi connectivity index (χ0n) is 15.4. The predicted molar refractivity (Wildman–Crippen MR) is 101 cm³/mol. The minimum absolute atomic E-state index is 0.0000756. The van der Waals surface area contributed by atoms with Gasteiger partial charge in [0, 0.05) is 37.7 Å². The molecule has 8 heteroatoms. The Bertz CT molecular complexity index is 701. The maximum Gasteiger partial charge on any atom is 0.255 e. The molecule has 1 saturated heterocycles. The molecule has 1 atom stereocenters. The molecule has 3 heterocycles. The van der Waals surface area contributed by atoms with Gasteiger partial charge in [-0.05, 0) is 43.9 Å². The van der Waals surface area contributed by atoms with E-state index in [2.05, 4.69) is 15.4 Å². The average molecular weight is 373 g/mol. The quantitative estimate of drug-likeness (QED) is 0.641. The highest BCUT2D eigenvalue weighted by molar-refractivity contribution is 5.94. The summed E-state index contributed by atoms with van der Waals surface area (Å²) < 4.78 is 1.90. The maximum absolute atomic E-state index is 13.0. The predicted octanol–water partition coefficient (Wildman–Crippen LogP) is 1.13. The molecule has 1 aliphatic rings. The molecule has 0 radical (unpaired) electrons. The zero-order valence-corrected chi connectivity index (χ0v) is 15.4. The summed E-state index contributed by atoms with van der Waals surface area (Å²) in [5.41, 5.74) is 0.552. The van der Waals surface area contributed by atoms with E-state index in [9.17, 15) is 4.79 Å². The van der Waals surface area contributed by atoms with Gasteiger partial charge < -0.3 is 20.4 Å². The maximum atomic E-state index is 13.0. The van der Waals surface area contributed by atoms with Crippen molar-refractivity contribution in [2.45, 2.75) is 44.3 Å². The lowest BCUT2D eigenvalue weighted by Crippen LogP contribution is -2.44. The van der Waals surface area contributed by atoms with Crippen LogP contribution >= 0.6 is 0 Å². The molecule has 1 amide bonds. The number of amides is 1. The molecule has 1 aliphatic heterocycles. The highest BCUT2D eigenvalue weighted by Gasteiger charge is 2.27. The number of aryl methyl sites for hydroxylation is 1.